The molecule has 1 aromatic carbocycles. The molecule has 2 atom stereocenters. The van der Waals surface area contributed by atoms with Crippen LogP contribution in [-0.4, -0.2) is 77.1 Å². The molecule has 2 heterocycles. The maximum atomic E-state index is 15.1. The maximum Gasteiger partial charge on any atom is 0.318 e. The Hall–Kier alpha value is -3.41. The third-order valence-electron chi connectivity index (χ3n) is 6.36. The molecule has 3 amide bonds. The molecule has 12 heteroatoms. The van der Waals surface area contributed by atoms with Crippen molar-refractivity contribution in [2.45, 2.75) is 63.0 Å². The highest BCUT2D eigenvalue weighted by atomic mass is 19.3. The van der Waals surface area contributed by atoms with Crippen LogP contribution in [0.1, 0.15) is 60.6 Å². The van der Waals surface area contributed by atoms with Crippen molar-refractivity contribution in [1.29, 1.82) is 0 Å². The number of benzene rings is 1. The normalized spacial score (nSPS) is 17.6. The fourth-order valence-electron chi connectivity index (χ4n) is 4.10. The molecule has 37 heavy (non-hydrogen) atoms. The first-order chi connectivity index (χ1) is 17.8. The van der Waals surface area contributed by atoms with Crippen molar-refractivity contribution < 1.29 is 32.4 Å². The van der Waals surface area contributed by atoms with Crippen LogP contribution in [0, 0.1) is 0 Å². The van der Waals surface area contributed by atoms with E-state index in [0.717, 1.165) is 12.8 Å². The van der Waals surface area contributed by atoms with E-state index in [0.29, 0.717) is 24.6 Å². The minimum absolute atomic E-state index is 0.163. The van der Waals surface area contributed by atoms with E-state index in [2.05, 4.69) is 20.8 Å². The predicted molar refractivity (Wildman–Crippen MR) is 127 cm³/mol. The SMILES string of the molecule is CC[C@H](NC(=O)[C@H](CC(F)(F)Cc1ccccc1)NC(=O)N1CCOCC1)C(=O)c1nc(C2CC2)no1. The van der Waals surface area contributed by atoms with Crippen molar-refractivity contribution in [2.24, 2.45) is 0 Å². The summed E-state index contributed by atoms with van der Waals surface area (Å²) in [5.74, 6) is -4.43. The van der Waals surface area contributed by atoms with Gasteiger partial charge in [0.05, 0.1) is 19.3 Å². The van der Waals surface area contributed by atoms with Crippen LogP contribution in [0.25, 0.3) is 0 Å². The van der Waals surface area contributed by atoms with Gasteiger partial charge >= 0.3 is 6.03 Å². The van der Waals surface area contributed by atoms with Crippen molar-refractivity contribution >= 4 is 17.7 Å². The van der Waals surface area contributed by atoms with E-state index in [1.54, 1.807) is 37.3 Å². The smallest absolute Gasteiger partial charge is 0.318 e. The van der Waals surface area contributed by atoms with Crippen molar-refractivity contribution in [1.82, 2.24) is 25.7 Å². The number of Topliss-reactive ketones (excluding diaryl/α,β-unsaturated/α-hetero) is 1. The van der Waals surface area contributed by atoms with E-state index in [9.17, 15) is 14.4 Å². The highest BCUT2D eigenvalue weighted by Crippen LogP contribution is 2.38. The summed E-state index contributed by atoms with van der Waals surface area (Å²) in [4.78, 5) is 44.4. The average molecular weight is 520 g/mol. The van der Waals surface area contributed by atoms with Gasteiger partial charge in [0.2, 0.25) is 11.7 Å². The molecular formula is C25H31F2N5O5. The predicted octanol–water partition coefficient (Wildman–Crippen LogP) is 2.70. The van der Waals surface area contributed by atoms with Gasteiger partial charge in [0.15, 0.2) is 5.82 Å². The summed E-state index contributed by atoms with van der Waals surface area (Å²) in [6, 6.07) is 4.86. The second kappa shape index (κ2) is 11.8. The Kier molecular flexibility index (Phi) is 8.47. The van der Waals surface area contributed by atoms with E-state index >= 15 is 8.78 Å². The molecule has 200 valence electrons. The highest BCUT2D eigenvalue weighted by molar-refractivity contribution is 5.99. The second-order valence-corrected chi connectivity index (χ2v) is 9.39. The molecule has 0 bridgehead atoms. The van der Waals surface area contributed by atoms with E-state index in [-0.39, 0.29) is 31.3 Å². The van der Waals surface area contributed by atoms with Gasteiger partial charge in [-0.25, -0.2) is 13.6 Å². The Morgan fingerprint density at radius 1 is 1.11 bits per heavy atom. The van der Waals surface area contributed by atoms with E-state index in [1.807, 2.05) is 0 Å². The van der Waals surface area contributed by atoms with Gasteiger partial charge in [0.1, 0.15) is 6.04 Å². The summed E-state index contributed by atoms with van der Waals surface area (Å²) < 4.78 is 40.4. The first kappa shape index (κ1) is 26.6. The summed E-state index contributed by atoms with van der Waals surface area (Å²) in [5.41, 5.74) is 0.399. The Bertz CT molecular complexity index is 1090. The summed E-state index contributed by atoms with van der Waals surface area (Å²) in [5, 5.41) is 8.77. The number of carbonyl (C=O) groups is 3. The van der Waals surface area contributed by atoms with Crippen LogP contribution in [0.4, 0.5) is 13.6 Å². The number of nitrogens with zero attached hydrogens (tertiary/aromatic N) is 3. The van der Waals surface area contributed by atoms with Gasteiger partial charge in [0, 0.05) is 31.8 Å². The molecular weight excluding hydrogens is 488 g/mol. The maximum absolute atomic E-state index is 15.1. The standard InChI is InChI=1S/C25H31F2N5O5/c1-2-18(20(33)23-30-21(31-37-23)17-8-9-17)28-22(34)19(29-24(35)32-10-12-36-13-11-32)15-25(26,27)14-16-6-4-3-5-7-16/h3-7,17-19H,2,8-15H2,1H3,(H,28,34)(H,29,35)/t18-,19-/m0/s1. The Balaban J connectivity index is 1.46. The van der Waals surface area contributed by atoms with Crippen molar-refractivity contribution in [3.63, 3.8) is 0 Å². The van der Waals surface area contributed by atoms with Gasteiger partial charge in [-0.3, -0.25) is 9.59 Å². The van der Waals surface area contributed by atoms with Crippen LogP contribution in [0.15, 0.2) is 34.9 Å². The number of morpholine rings is 1. The van der Waals surface area contributed by atoms with Crippen LogP contribution >= 0.6 is 0 Å². The number of aromatic nitrogens is 2. The lowest BCUT2D eigenvalue weighted by molar-refractivity contribution is -0.126. The lowest BCUT2D eigenvalue weighted by Gasteiger charge is -2.30. The summed E-state index contributed by atoms with van der Waals surface area (Å²) in [6.45, 7) is 2.84. The number of nitrogens with one attached hydrogen (secondary N) is 2. The van der Waals surface area contributed by atoms with Crippen molar-refractivity contribution in [3.8, 4) is 0 Å². The fourth-order valence-corrected chi connectivity index (χ4v) is 4.10. The quantitative estimate of drug-likeness (QED) is 0.437. The molecule has 2 N–H and O–H groups in total. The van der Waals surface area contributed by atoms with Gasteiger partial charge in [-0.05, 0) is 24.8 Å². The molecule has 0 radical (unpaired) electrons. The first-order valence-corrected chi connectivity index (χ1v) is 12.5. The number of alkyl halides is 2. The van der Waals surface area contributed by atoms with Gasteiger partial charge in [-0.1, -0.05) is 42.4 Å². The number of ether oxygens (including phenoxy) is 1. The average Bonchev–Trinajstić information content (AvgIpc) is 3.63. The minimum Gasteiger partial charge on any atom is -0.378 e. The van der Waals surface area contributed by atoms with E-state index in [4.69, 9.17) is 9.26 Å². The molecule has 2 aromatic rings. The van der Waals surface area contributed by atoms with E-state index < -0.39 is 48.6 Å². The molecule has 2 aliphatic rings. The van der Waals surface area contributed by atoms with E-state index in [1.165, 1.54) is 4.90 Å². The van der Waals surface area contributed by atoms with Crippen molar-refractivity contribution in [3.05, 3.63) is 47.6 Å². The molecule has 1 saturated heterocycles. The molecule has 2 fully saturated rings. The van der Waals surface area contributed by atoms with Crippen LogP contribution in [0.5, 0.6) is 0 Å². The Morgan fingerprint density at radius 2 is 1.81 bits per heavy atom. The van der Waals surface area contributed by atoms with Gasteiger partial charge in [-0.15, -0.1) is 0 Å². The molecule has 1 saturated carbocycles. The molecule has 1 aromatic heterocycles. The lowest BCUT2D eigenvalue weighted by atomic mass is 9.99. The number of ketones is 1. The van der Waals surface area contributed by atoms with Crippen molar-refractivity contribution in [2.75, 3.05) is 26.3 Å². The first-order valence-electron chi connectivity index (χ1n) is 12.5. The number of hydrogen-bond acceptors (Lipinski definition) is 7. The second-order valence-electron chi connectivity index (χ2n) is 9.39. The van der Waals surface area contributed by atoms with Crippen LogP contribution in [-0.2, 0) is 16.0 Å². The molecule has 1 aliphatic heterocycles. The summed E-state index contributed by atoms with van der Waals surface area (Å²) in [6.07, 6.45) is 0.454. The number of urea groups is 1. The molecule has 4 rings (SSSR count). The van der Waals surface area contributed by atoms with Gasteiger partial charge < -0.3 is 24.8 Å². The number of halogens is 2. The third-order valence-corrected chi connectivity index (χ3v) is 6.36. The zero-order chi connectivity index (χ0) is 26.4. The fraction of sp³-hybridized carbons (Fsp3) is 0.560. The number of rotatable bonds is 11. The Morgan fingerprint density at radius 3 is 2.46 bits per heavy atom. The van der Waals surface area contributed by atoms with Gasteiger partial charge in [-0.2, -0.15) is 4.98 Å². The van der Waals surface area contributed by atoms with Crippen LogP contribution in [0.3, 0.4) is 0 Å². The van der Waals surface area contributed by atoms with Gasteiger partial charge in [0.25, 0.3) is 11.8 Å². The summed E-state index contributed by atoms with van der Waals surface area (Å²) >= 11 is 0. The Labute approximate surface area is 213 Å². The van der Waals surface area contributed by atoms with Crippen LogP contribution < -0.4 is 10.6 Å². The molecule has 1 aliphatic carbocycles. The van der Waals surface area contributed by atoms with Crippen LogP contribution in [0.2, 0.25) is 0 Å². The number of hydrogen-bond donors (Lipinski definition) is 2. The number of amides is 3. The highest BCUT2D eigenvalue weighted by Gasteiger charge is 2.39. The molecule has 0 spiro atoms. The molecule has 0 unspecified atom stereocenters. The molecule has 10 nitrogen and oxygen atoms in total. The topological polar surface area (TPSA) is 127 Å². The largest absolute Gasteiger partial charge is 0.378 e. The zero-order valence-corrected chi connectivity index (χ0v) is 20.6. The lowest BCUT2D eigenvalue weighted by Crippen LogP contribution is -2.56. The third kappa shape index (κ3) is 7.31. The summed E-state index contributed by atoms with van der Waals surface area (Å²) in [7, 11) is 0. The monoisotopic (exact) mass is 519 g/mol. The number of carbonyl (C=O) groups excluding carboxylic acids is 3. The minimum atomic E-state index is -3.31. The zero-order valence-electron chi connectivity index (χ0n) is 20.6.